The first-order valence-corrected chi connectivity index (χ1v) is 4.90. The van der Waals surface area contributed by atoms with Gasteiger partial charge < -0.3 is 20.7 Å². The van der Waals surface area contributed by atoms with Crippen LogP contribution in [0.2, 0.25) is 0 Å². The molecule has 0 saturated carbocycles. The van der Waals surface area contributed by atoms with Gasteiger partial charge in [0.1, 0.15) is 6.04 Å². The normalized spacial score (nSPS) is 11.8. The summed E-state index contributed by atoms with van der Waals surface area (Å²) in [6, 6.07) is 0.365. The maximum Gasteiger partial charge on any atom is 0.268 e. The number of carboxylic acid groups (broad SMARTS) is 1. The van der Waals surface area contributed by atoms with Gasteiger partial charge in [0.15, 0.2) is 0 Å². The Morgan fingerprint density at radius 1 is 1.21 bits per heavy atom. The van der Waals surface area contributed by atoms with Crippen LogP contribution in [0.3, 0.4) is 0 Å². The van der Waals surface area contributed by atoms with Crippen molar-refractivity contribution < 1.29 is 30.6 Å². The number of nitrogens with zero attached hydrogens (tertiary/aromatic N) is 2. The largest absolute Gasteiger partial charge is 0.863 e. The molecule has 0 unspecified atom stereocenters. The highest BCUT2D eigenvalue weighted by Crippen LogP contribution is 2.34. The van der Waals surface area contributed by atoms with Crippen LogP contribution in [-0.4, -0.2) is 21.9 Å². The SMILES string of the molecule is [NH3+][C@H](Cc1cc([N+](=O)[O-])c([O-])c([N+](=O)[O-])c1)C(=O)[O-]. The van der Waals surface area contributed by atoms with E-state index < -0.39 is 39.0 Å². The van der Waals surface area contributed by atoms with Crippen LogP contribution in [0.15, 0.2) is 12.1 Å². The highest BCUT2D eigenvalue weighted by Gasteiger charge is 2.21. The molecule has 0 spiro atoms. The predicted octanol–water partition coefficient (Wildman–Crippen LogP) is -2.52. The molecule has 0 radical (unpaired) electrons. The molecule has 3 N–H and O–H groups in total. The lowest BCUT2D eigenvalue weighted by Crippen LogP contribution is -2.69. The van der Waals surface area contributed by atoms with Crippen molar-refractivity contribution in [2.24, 2.45) is 0 Å². The summed E-state index contributed by atoms with van der Waals surface area (Å²) in [5.41, 5.74) is 1.23. The molecule has 19 heavy (non-hydrogen) atoms. The average molecular weight is 270 g/mol. The molecule has 0 aliphatic rings. The minimum atomic E-state index is -1.50. The number of nitro groups is 2. The molecule has 0 aliphatic carbocycles. The average Bonchev–Trinajstić information content (AvgIpc) is 2.30. The van der Waals surface area contributed by atoms with E-state index in [1.54, 1.807) is 0 Å². The van der Waals surface area contributed by atoms with Gasteiger partial charge in [-0.1, -0.05) is 0 Å². The minimum Gasteiger partial charge on any atom is -0.863 e. The van der Waals surface area contributed by atoms with E-state index in [4.69, 9.17) is 0 Å². The van der Waals surface area contributed by atoms with Gasteiger partial charge in [-0.2, -0.15) is 0 Å². The van der Waals surface area contributed by atoms with Crippen LogP contribution in [0.5, 0.6) is 5.75 Å². The summed E-state index contributed by atoms with van der Waals surface area (Å²) >= 11 is 0. The van der Waals surface area contributed by atoms with Crippen molar-refractivity contribution in [2.45, 2.75) is 12.5 Å². The van der Waals surface area contributed by atoms with Gasteiger partial charge in [0, 0.05) is 18.6 Å². The molecule has 1 atom stereocenters. The summed E-state index contributed by atoms with van der Waals surface area (Å²) in [6.07, 6.45) is -0.315. The van der Waals surface area contributed by atoms with Gasteiger partial charge in [-0.05, 0) is 5.56 Å². The molecule has 1 aromatic rings. The Balaban J connectivity index is 3.30. The molecule has 0 saturated heterocycles. The van der Waals surface area contributed by atoms with Crippen molar-refractivity contribution in [1.29, 1.82) is 0 Å². The van der Waals surface area contributed by atoms with Gasteiger partial charge in [-0.15, -0.1) is 0 Å². The van der Waals surface area contributed by atoms with Gasteiger partial charge in [0.25, 0.3) is 11.4 Å². The first-order chi connectivity index (χ1) is 8.73. The Morgan fingerprint density at radius 2 is 1.63 bits per heavy atom. The number of carbonyl (C=O) groups is 1. The second-order valence-electron chi connectivity index (χ2n) is 3.70. The maximum atomic E-state index is 11.4. The third kappa shape index (κ3) is 3.13. The second-order valence-corrected chi connectivity index (χ2v) is 3.70. The first kappa shape index (κ1) is 14.3. The monoisotopic (exact) mass is 270 g/mol. The van der Waals surface area contributed by atoms with E-state index in [0.717, 1.165) is 12.1 Å². The van der Waals surface area contributed by atoms with Gasteiger partial charge in [0.05, 0.1) is 21.6 Å². The lowest BCUT2D eigenvalue weighted by Gasteiger charge is -2.12. The summed E-state index contributed by atoms with van der Waals surface area (Å²) in [6.45, 7) is 0. The number of benzene rings is 1. The molecule has 0 bridgehead atoms. The summed E-state index contributed by atoms with van der Waals surface area (Å²) in [7, 11) is 0. The summed E-state index contributed by atoms with van der Waals surface area (Å²) in [5.74, 6) is -2.83. The molecule has 0 amide bonds. The van der Waals surface area contributed by atoms with E-state index in [-0.39, 0.29) is 12.0 Å². The highest BCUT2D eigenvalue weighted by molar-refractivity contribution is 5.70. The zero-order chi connectivity index (χ0) is 14.7. The van der Waals surface area contributed by atoms with Gasteiger partial charge in [0.2, 0.25) is 0 Å². The van der Waals surface area contributed by atoms with Crippen molar-refractivity contribution >= 4 is 17.3 Å². The van der Waals surface area contributed by atoms with Crippen molar-refractivity contribution in [1.82, 2.24) is 0 Å². The van der Waals surface area contributed by atoms with E-state index in [2.05, 4.69) is 5.73 Å². The molecule has 0 aromatic heterocycles. The van der Waals surface area contributed by atoms with E-state index in [9.17, 15) is 35.2 Å². The number of carbonyl (C=O) groups excluding carboxylic acids is 1. The Labute approximate surface area is 105 Å². The molecule has 1 rings (SSSR count). The van der Waals surface area contributed by atoms with Gasteiger partial charge in [-0.25, -0.2) is 0 Å². The zero-order valence-corrected chi connectivity index (χ0v) is 9.40. The minimum absolute atomic E-state index is 0.0396. The van der Waals surface area contributed by atoms with Crippen LogP contribution in [-0.2, 0) is 11.2 Å². The third-order valence-electron chi connectivity index (χ3n) is 2.32. The third-order valence-corrected chi connectivity index (χ3v) is 2.32. The zero-order valence-electron chi connectivity index (χ0n) is 9.40. The topological polar surface area (TPSA) is 177 Å². The summed E-state index contributed by atoms with van der Waals surface area (Å²) in [5, 5.41) is 43.1. The Morgan fingerprint density at radius 3 is 1.95 bits per heavy atom. The van der Waals surface area contributed by atoms with Crippen molar-refractivity contribution in [3.8, 4) is 5.75 Å². The van der Waals surface area contributed by atoms with E-state index >= 15 is 0 Å². The number of nitro benzene ring substituents is 2. The number of carboxylic acids is 1. The Kier molecular flexibility index (Phi) is 3.97. The predicted molar refractivity (Wildman–Crippen MR) is 54.6 cm³/mol. The fourth-order valence-electron chi connectivity index (χ4n) is 1.41. The van der Waals surface area contributed by atoms with Gasteiger partial charge >= 0.3 is 0 Å². The van der Waals surface area contributed by atoms with Crippen LogP contribution in [0.4, 0.5) is 11.4 Å². The first-order valence-electron chi connectivity index (χ1n) is 4.90. The van der Waals surface area contributed by atoms with Gasteiger partial charge in [-0.3, -0.25) is 20.2 Å². The molecule has 0 fully saturated rings. The fraction of sp³-hybridized carbons (Fsp3) is 0.222. The van der Waals surface area contributed by atoms with Crippen LogP contribution in [0.25, 0.3) is 0 Å². The van der Waals surface area contributed by atoms with Crippen molar-refractivity contribution in [3.05, 3.63) is 37.9 Å². The molecule has 0 aliphatic heterocycles. The molecule has 10 nitrogen and oxygen atoms in total. The number of hydrogen-bond donors (Lipinski definition) is 1. The number of quaternary nitrogens is 1. The quantitative estimate of drug-likeness (QED) is 0.452. The maximum absolute atomic E-state index is 11.4. The standard InChI is InChI=1S/C9H9N3O7/c10-5(9(14)15)1-4-2-6(11(16)17)8(13)7(3-4)12(18)19/h2-3,5,13H,1,10H2,(H,14,15)/p-1/t5-/m1/s1. The van der Waals surface area contributed by atoms with Crippen molar-refractivity contribution in [3.63, 3.8) is 0 Å². The molecule has 1 aromatic carbocycles. The smallest absolute Gasteiger partial charge is 0.268 e. The highest BCUT2D eigenvalue weighted by atomic mass is 16.6. The number of rotatable bonds is 5. The molecule has 0 heterocycles. The van der Waals surface area contributed by atoms with E-state index in [1.165, 1.54) is 0 Å². The summed E-state index contributed by atoms with van der Waals surface area (Å²) in [4.78, 5) is 29.6. The Hall–Kier alpha value is -2.75. The number of hydrogen-bond acceptors (Lipinski definition) is 7. The van der Waals surface area contributed by atoms with E-state index in [1.807, 2.05) is 0 Å². The van der Waals surface area contributed by atoms with Crippen LogP contribution < -0.4 is 15.9 Å². The number of aliphatic carboxylic acids is 1. The van der Waals surface area contributed by atoms with Crippen LogP contribution >= 0.6 is 0 Å². The second kappa shape index (κ2) is 5.27. The molecule has 10 heteroatoms. The van der Waals surface area contributed by atoms with Crippen LogP contribution in [0.1, 0.15) is 5.56 Å². The Bertz CT molecular complexity index is 522. The van der Waals surface area contributed by atoms with Crippen LogP contribution in [0, 0.1) is 20.2 Å². The lowest BCUT2D eigenvalue weighted by molar-refractivity contribution is -0.437. The molecule has 102 valence electrons. The van der Waals surface area contributed by atoms with E-state index in [0.29, 0.717) is 0 Å². The fourth-order valence-corrected chi connectivity index (χ4v) is 1.41. The summed E-state index contributed by atoms with van der Waals surface area (Å²) < 4.78 is 0. The van der Waals surface area contributed by atoms with Crippen molar-refractivity contribution in [2.75, 3.05) is 0 Å². The molecular weight excluding hydrogens is 262 g/mol. The molecular formula is C9H8N3O7-. The lowest BCUT2D eigenvalue weighted by atomic mass is 10.0.